The molecule has 2 rings (SSSR count). The monoisotopic (exact) mass is 264 g/mol. The third kappa shape index (κ3) is 3.30. The van der Waals surface area contributed by atoms with E-state index < -0.39 is 0 Å². The van der Waals surface area contributed by atoms with Gasteiger partial charge in [0.15, 0.2) is 0 Å². The topological polar surface area (TPSA) is 70.7 Å². The first-order chi connectivity index (χ1) is 8.65. The zero-order chi connectivity index (χ0) is 13.0. The van der Waals surface area contributed by atoms with E-state index in [1.165, 1.54) is 6.33 Å². The fourth-order valence-electron chi connectivity index (χ4n) is 1.51. The Bertz CT molecular complexity index is 539. The highest BCUT2D eigenvalue weighted by Crippen LogP contribution is 2.17. The molecule has 1 aromatic carbocycles. The van der Waals surface area contributed by atoms with Crippen molar-refractivity contribution in [3.63, 3.8) is 0 Å². The van der Waals surface area contributed by atoms with E-state index in [2.05, 4.69) is 20.5 Å². The Labute approximate surface area is 110 Å². The molecule has 94 valence electrons. The van der Waals surface area contributed by atoms with Crippen LogP contribution in [0.15, 0.2) is 24.5 Å². The number of carbonyl (C=O) groups is 1. The van der Waals surface area contributed by atoms with Crippen molar-refractivity contribution in [1.29, 1.82) is 0 Å². The van der Waals surface area contributed by atoms with Gasteiger partial charge in [-0.15, -0.1) is 0 Å². The second-order valence-corrected chi connectivity index (χ2v) is 4.37. The van der Waals surface area contributed by atoms with Crippen molar-refractivity contribution >= 4 is 23.5 Å². The molecule has 0 unspecified atom stereocenters. The van der Waals surface area contributed by atoms with Crippen molar-refractivity contribution in [3.8, 4) is 0 Å². The summed E-state index contributed by atoms with van der Waals surface area (Å²) in [5.74, 6) is 0.255. The van der Waals surface area contributed by atoms with Gasteiger partial charge in [0.25, 0.3) is 0 Å². The minimum atomic E-state index is -0.108. The van der Waals surface area contributed by atoms with Crippen molar-refractivity contribution in [1.82, 2.24) is 15.2 Å². The number of aromatic nitrogens is 3. The van der Waals surface area contributed by atoms with Crippen LogP contribution in [0.5, 0.6) is 0 Å². The molecule has 0 saturated carbocycles. The zero-order valence-electron chi connectivity index (χ0n) is 9.90. The summed E-state index contributed by atoms with van der Waals surface area (Å²) >= 11 is 6.02. The molecule has 0 aliphatic rings. The number of nitrogens with zero attached hydrogens (tertiary/aromatic N) is 2. The number of hydrogen-bond acceptors (Lipinski definition) is 3. The molecule has 0 fully saturated rings. The Hall–Kier alpha value is -1.88. The Kier molecular flexibility index (Phi) is 3.94. The molecule has 1 heterocycles. The average Bonchev–Trinajstić information content (AvgIpc) is 2.83. The molecule has 1 amide bonds. The number of hydrogen-bond donors (Lipinski definition) is 2. The summed E-state index contributed by atoms with van der Waals surface area (Å²) in [5.41, 5.74) is 2.07. The summed E-state index contributed by atoms with van der Waals surface area (Å²) in [5, 5.41) is 9.56. The Morgan fingerprint density at radius 3 is 3.00 bits per heavy atom. The van der Waals surface area contributed by atoms with Crippen LogP contribution in [0.25, 0.3) is 0 Å². The highest BCUT2D eigenvalue weighted by Gasteiger charge is 2.05. The van der Waals surface area contributed by atoms with Crippen LogP contribution in [0, 0.1) is 6.92 Å². The predicted octanol–water partition coefficient (Wildman–Crippen LogP) is 2.34. The Morgan fingerprint density at radius 1 is 1.50 bits per heavy atom. The molecule has 18 heavy (non-hydrogen) atoms. The summed E-state index contributed by atoms with van der Waals surface area (Å²) in [6.45, 7) is 1.95. The van der Waals surface area contributed by atoms with Crippen LogP contribution in [0.2, 0.25) is 5.02 Å². The van der Waals surface area contributed by atoms with Crippen molar-refractivity contribution in [3.05, 3.63) is 40.7 Å². The van der Waals surface area contributed by atoms with Gasteiger partial charge in [-0.05, 0) is 30.5 Å². The van der Waals surface area contributed by atoms with Gasteiger partial charge in [-0.1, -0.05) is 23.7 Å². The minimum Gasteiger partial charge on any atom is -0.295 e. The average molecular weight is 265 g/mol. The number of amides is 1. The van der Waals surface area contributed by atoms with Gasteiger partial charge < -0.3 is 0 Å². The van der Waals surface area contributed by atoms with Crippen LogP contribution in [0.1, 0.15) is 17.5 Å². The maximum Gasteiger partial charge on any atom is 0.227 e. The summed E-state index contributed by atoms with van der Waals surface area (Å²) in [6, 6.07) is 5.81. The van der Waals surface area contributed by atoms with Crippen molar-refractivity contribution in [2.75, 3.05) is 5.32 Å². The Balaban J connectivity index is 1.87. The fraction of sp³-hybridized carbons (Fsp3) is 0.250. The van der Waals surface area contributed by atoms with Gasteiger partial charge in [-0.2, -0.15) is 10.1 Å². The second kappa shape index (κ2) is 5.64. The maximum atomic E-state index is 11.6. The normalized spacial score (nSPS) is 10.3. The quantitative estimate of drug-likeness (QED) is 0.890. The molecule has 0 aliphatic heterocycles. The first-order valence-corrected chi connectivity index (χ1v) is 5.93. The van der Waals surface area contributed by atoms with Gasteiger partial charge in [0.2, 0.25) is 11.9 Å². The van der Waals surface area contributed by atoms with E-state index in [1.807, 2.05) is 25.1 Å². The molecule has 0 aliphatic carbocycles. The summed E-state index contributed by atoms with van der Waals surface area (Å²) in [4.78, 5) is 15.4. The maximum absolute atomic E-state index is 11.6. The van der Waals surface area contributed by atoms with Gasteiger partial charge in [0, 0.05) is 11.4 Å². The van der Waals surface area contributed by atoms with Crippen LogP contribution < -0.4 is 5.32 Å². The second-order valence-electron chi connectivity index (χ2n) is 3.97. The third-order valence-electron chi connectivity index (χ3n) is 2.55. The van der Waals surface area contributed by atoms with E-state index in [-0.39, 0.29) is 5.91 Å². The molecule has 6 heteroatoms. The number of H-pyrrole nitrogens is 1. The lowest BCUT2D eigenvalue weighted by atomic mass is 10.1. The molecule has 5 nitrogen and oxygen atoms in total. The van der Waals surface area contributed by atoms with E-state index in [4.69, 9.17) is 11.6 Å². The van der Waals surface area contributed by atoms with Crippen LogP contribution in [0.3, 0.4) is 0 Å². The fourth-order valence-corrected chi connectivity index (χ4v) is 1.71. The number of aromatic amines is 1. The number of nitrogens with one attached hydrogen (secondary N) is 2. The van der Waals surface area contributed by atoms with Gasteiger partial charge in [0.1, 0.15) is 6.33 Å². The van der Waals surface area contributed by atoms with Crippen molar-refractivity contribution in [2.45, 2.75) is 19.8 Å². The highest BCUT2D eigenvalue weighted by molar-refractivity contribution is 6.31. The smallest absolute Gasteiger partial charge is 0.227 e. The van der Waals surface area contributed by atoms with Gasteiger partial charge >= 0.3 is 0 Å². The SMILES string of the molecule is Cc1ccc(CCC(=O)Nc2ncn[nH]2)cc1Cl. The standard InChI is InChI=1S/C12H13ClN4O/c1-8-2-3-9(6-10(8)13)4-5-11(18)16-12-14-7-15-17-12/h2-3,6-7H,4-5H2,1H3,(H2,14,15,16,17,18). The van der Waals surface area contributed by atoms with E-state index in [0.717, 1.165) is 16.1 Å². The van der Waals surface area contributed by atoms with Gasteiger partial charge in [-0.25, -0.2) is 5.10 Å². The molecule has 0 radical (unpaired) electrons. The number of aryl methyl sites for hydroxylation is 2. The molecular formula is C12H13ClN4O. The number of anilines is 1. The van der Waals surface area contributed by atoms with E-state index in [9.17, 15) is 4.79 Å². The minimum absolute atomic E-state index is 0.108. The number of halogens is 1. The molecule has 2 aromatic rings. The summed E-state index contributed by atoms with van der Waals surface area (Å²) in [7, 11) is 0. The lowest BCUT2D eigenvalue weighted by Crippen LogP contribution is -2.13. The Morgan fingerprint density at radius 2 is 2.33 bits per heavy atom. The summed E-state index contributed by atoms with van der Waals surface area (Å²) < 4.78 is 0. The zero-order valence-corrected chi connectivity index (χ0v) is 10.7. The molecule has 0 atom stereocenters. The number of benzene rings is 1. The molecule has 0 spiro atoms. The first-order valence-electron chi connectivity index (χ1n) is 5.55. The van der Waals surface area contributed by atoms with Crippen LogP contribution in [0.4, 0.5) is 5.95 Å². The first kappa shape index (κ1) is 12.6. The lowest BCUT2D eigenvalue weighted by Gasteiger charge is -2.04. The lowest BCUT2D eigenvalue weighted by molar-refractivity contribution is -0.116. The van der Waals surface area contributed by atoms with Crippen LogP contribution in [-0.2, 0) is 11.2 Å². The van der Waals surface area contributed by atoms with Gasteiger partial charge in [0.05, 0.1) is 0 Å². The van der Waals surface area contributed by atoms with E-state index in [1.54, 1.807) is 0 Å². The molecule has 1 aromatic heterocycles. The molecule has 2 N–H and O–H groups in total. The largest absolute Gasteiger partial charge is 0.295 e. The molecule has 0 bridgehead atoms. The van der Waals surface area contributed by atoms with E-state index in [0.29, 0.717) is 18.8 Å². The van der Waals surface area contributed by atoms with Crippen molar-refractivity contribution < 1.29 is 4.79 Å². The van der Waals surface area contributed by atoms with E-state index >= 15 is 0 Å². The highest BCUT2D eigenvalue weighted by atomic mass is 35.5. The predicted molar refractivity (Wildman–Crippen MR) is 69.5 cm³/mol. The molecular weight excluding hydrogens is 252 g/mol. The number of rotatable bonds is 4. The summed E-state index contributed by atoms with van der Waals surface area (Å²) in [6.07, 6.45) is 2.36. The third-order valence-corrected chi connectivity index (χ3v) is 2.96. The molecule has 0 saturated heterocycles. The van der Waals surface area contributed by atoms with Crippen LogP contribution >= 0.6 is 11.6 Å². The van der Waals surface area contributed by atoms with Crippen molar-refractivity contribution in [2.24, 2.45) is 0 Å². The number of carbonyl (C=O) groups excluding carboxylic acids is 1. The van der Waals surface area contributed by atoms with Gasteiger partial charge in [-0.3, -0.25) is 10.1 Å². The van der Waals surface area contributed by atoms with Crippen LogP contribution in [-0.4, -0.2) is 21.1 Å².